The van der Waals surface area contributed by atoms with Gasteiger partial charge in [0.25, 0.3) is 0 Å². The molecule has 1 aromatic heterocycles. The minimum atomic E-state index is 0.279. The molecule has 2 rings (SSSR count). The predicted molar refractivity (Wildman–Crippen MR) is 100 cm³/mol. The van der Waals surface area contributed by atoms with E-state index in [1.54, 1.807) is 0 Å². The molecule has 0 aliphatic rings. The van der Waals surface area contributed by atoms with Gasteiger partial charge in [-0.15, -0.1) is 0 Å². The number of nitrogens with two attached hydrogens (primary N) is 1. The molecular weight excluding hydrogens is 298 g/mol. The summed E-state index contributed by atoms with van der Waals surface area (Å²) in [7, 11) is 0. The highest BCUT2D eigenvalue weighted by Crippen LogP contribution is 2.27. The van der Waals surface area contributed by atoms with Crippen LogP contribution in [0.3, 0.4) is 0 Å². The highest BCUT2D eigenvalue weighted by Gasteiger charge is 2.14. The van der Waals surface area contributed by atoms with Crippen LogP contribution >= 0.6 is 0 Å². The standard InChI is InChI=1S/C20H29N3O/c1-13(2)17-14(3)22-19(23-18(17)21)15-7-9-16(10-8-15)24-12-11-20(4,5)6/h7-10,13H,11-12H2,1-6H3,(H2,21,22,23). The number of hydrogen-bond donors (Lipinski definition) is 1. The number of aryl methyl sites for hydroxylation is 1. The van der Waals surface area contributed by atoms with Crippen LogP contribution in [0.4, 0.5) is 5.82 Å². The zero-order chi connectivity index (χ0) is 17.9. The molecule has 0 bridgehead atoms. The van der Waals surface area contributed by atoms with E-state index in [0.717, 1.165) is 29.0 Å². The third-order valence-electron chi connectivity index (χ3n) is 3.98. The predicted octanol–water partition coefficient (Wildman–Crippen LogP) is 4.97. The lowest BCUT2D eigenvalue weighted by atomic mass is 9.93. The molecule has 0 aliphatic carbocycles. The van der Waals surface area contributed by atoms with Gasteiger partial charge in [0, 0.05) is 16.8 Å². The van der Waals surface area contributed by atoms with Crippen molar-refractivity contribution in [1.82, 2.24) is 9.97 Å². The van der Waals surface area contributed by atoms with Gasteiger partial charge in [-0.25, -0.2) is 9.97 Å². The van der Waals surface area contributed by atoms with Gasteiger partial charge in [-0.2, -0.15) is 0 Å². The van der Waals surface area contributed by atoms with Crippen molar-refractivity contribution < 1.29 is 4.74 Å². The van der Waals surface area contributed by atoms with Crippen molar-refractivity contribution in [3.63, 3.8) is 0 Å². The monoisotopic (exact) mass is 327 g/mol. The van der Waals surface area contributed by atoms with E-state index in [1.165, 1.54) is 0 Å². The molecule has 0 saturated heterocycles. The molecule has 0 amide bonds. The first-order chi connectivity index (χ1) is 11.2. The maximum absolute atomic E-state index is 6.12. The highest BCUT2D eigenvalue weighted by molar-refractivity contribution is 5.60. The smallest absolute Gasteiger partial charge is 0.161 e. The van der Waals surface area contributed by atoms with Crippen molar-refractivity contribution in [2.24, 2.45) is 5.41 Å². The lowest BCUT2D eigenvalue weighted by molar-refractivity contribution is 0.243. The Labute approximate surface area is 145 Å². The van der Waals surface area contributed by atoms with Crippen LogP contribution in [-0.4, -0.2) is 16.6 Å². The Balaban J connectivity index is 2.14. The molecule has 0 atom stereocenters. The molecule has 24 heavy (non-hydrogen) atoms. The molecule has 1 aromatic carbocycles. The zero-order valence-electron chi connectivity index (χ0n) is 15.7. The third kappa shape index (κ3) is 4.70. The SMILES string of the molecule is Cc1nc(-c2ccc(OCCC(C)(C)C)cc2)nc(N)c1C(C)C. The second-order valence-corrected chi connectivity index (χ2v) is 7.77. The van der Waals surface area contributed by atoms with Gasteiger partial charge in [-0.3, -0.25) is 0 Å². The van der Waals surface area contributed by atoms with Crippen molar-refractivity contribution in [2.75, 3.05) is 12.3 Å². The zero-order valence-corrected chi connectivity index (χ0v) is 15.7. The summed E-state index contributed by atoms with van der Waals surface area (Å²) >= 11 is 0. The topological polar surface area (TPSA) is 61.0 Å². The fraction of sp³-hybridized carbons (Fsp3) is 0.500. The second kappa shape index (κ2) is 7.20. The Bertz CT molecular complexity index is 662. The van der Waals surface area contributed by atoms with E-state index in [-0.39, 0.29) is 5.41 Å². The summed E-state index contributed by atoms with van der Waals surface area (Å²) in [6.07, 6.45) is 1.02. The number of nitrogens with zero attached hydrogens (tertiary/aromatic N) is 2. The minimum absolute atomic E-state index is 0.279. The summed E-state index contributed by atoms with van der Waals surface area (Å²) in [5.74, 6) is 2.41. The lowest BCUT2D eigenvalue weighted by Crippen LogP contribution is -2.11. The van der Waals surface area contributed by atoms with Gasteiger partial charge in [-0.1, -0.05) is 34.6 Å². The third-order valence-corrected chi connectivity index (χ3v) is 3.98. The first-order valence-corrected chi connectivity index (χ1v) is 8.54. The fourth-order valence-electron chi connectivity index (χ4n) is 2.62. The summed E-state index contributed by atoms with van der Waals surface area (Å²) in [6, 6.07) is 7.89. The maximum Gasteiger partial charge on any atom is 0.161 e. The molecule has 0 fully saturated rings. The van der Waals surface area contributed by atoms with Gasteiger partial charge < -0.3 is 10.5 Å². The number of nitrogen functional groups attached to an aromatic ring is 1. The van der Waals surface area contributed by atoms with Crippen LogP contribution in [0.5, 0.6) is 5.75 Å². The molecule has 0 aliphatic heterocycles. The number of anilines is 1. The van der Waals surface area contributed by atoms with Gasteiger partial charge in [0.2, 0.25) is 0 Å². The van der Waals surface area contributed by atoms with Crippen molar-refractivity contribution in [3.8, 4) is 17.1 Å². The maximum atomic E-state index is 6.12. The Hall–Kier alpha value is -2.10. The quantitative estimate of drug-likeness (QED) is 0.842. The van der Waals surface area contributed by atoms with E-state index in [9.17, 15) is 0 Å². The van der Waals surface area contributed by atoms with Crippen LogP contribution in [0.15, 0.2) is 24.3 Å². The Morgan fingerprint density at radius 1 is 1.08 bits per heavy atom. The van der Waals surface area contributed by atoms with Crippen LogP contribution in [-0.2, 0) is 0 Å². The van der Waals surface area contributed by atoms with E-state index in [1.807, 2.05) is 31.2 Å². The Kier molecular flexibility index (Phi) is 5.47. The second-order valence-electron chi connectivity index (χ2n) is 7.77. The average molecular weight is 327 g/mol. The molecular formula is C20H29N3O. The van der Waals surface area contributed by atoms with E-state index in [4.69, 9.17) is 10.5 Å². The average Bonchev–Trinajstić information content (AvgIpc) is 2.45. The number of ether oxygens (including phenoxy) is 1. The van der Waals surface area contributed by atoms with Crippen LogP contribution < -0.4 is 10.5 Å². The van der Waals surface area contributed by atoms with Gasteiger partial charge in [-0.05, 0) is 48.9 Å². The lowest BCUT2D eigenvalue weighted by Gasteiger charge is -2.18. The van der Waals surface area contributed by atoms with Gasteiger partial charge in [0.15, 0.2) is 5.82 Å². The van der Waals surface area contributed by atoms with Crippen LogP contribution in [0.25, 0.3) is 11.4 Å². The van der Waals surface area contributed by atoms with E-state index in [0.29, 0.717) is 24.2 Å². The van der Waals surface area contributed by atoms with Gasteiger partial charge in [0.05, 0.1) is 6.61 Å². The molecule has 2 N–H and O–H groups in total. The molecule has 0 unspecified atom stereocenters. The summed E-state index contributed by atoms with van der Waals surface area (Å²) in [5, 5.41) is 0. The number of benzene rings is 1. The first-order valence-electron chi connectivity index (χ1n) is 8.54. The molecule has 0 radical (unpaired) electrons. The van der Waals surface area contributed by atoms with E-state index >= 15 is 0 Å². The van der Waals surface area contributed by atoms with Crippen LogP contribution in [0.2, 0.25) is 0 Å². The molecule has 4 heteroatoms. The number of hydrogen-bond acceptors (Lipinski definition) is 4. The minimum Gasteiger partial charge on any atom is -0.494 e. The normalized spacial score (nSPS) is 11.8. The molecule has 130 valence electrons. The Morgan fingerprint density at radius 2 is 1.71 bits per heavy atom. The van der Waals surface area contributed by atoms with Crippen molar-refractivity contribution in [3.05, 3.63) is 35.5 Å². The molecule has 4 nitrogen and oxygen atoms in total. The van der Waals surface area contributed by atoms with E-state index in [2.05, 4.69) is 44.6 Å². The molecule has 1 heterocycles. The highest BCUT2D eigenvalue weighted by atomic mass is 16.5. The summed E-state index contributed by atoms with van der Waals surface area (Å²) in [4.78, 5) is 9.09. The van der Waals surface area contributed by atoms with Crippen molar-refractivity contribution >= 4 is 5.82 Å². The van der Waals surface area contributed by atoms with Gasteiger partial charge >= 0.3 is 0 Å². The summed E-state index contributed by atoms with van der Waals surface area (Å²) in [6.45, 7) is 13.5. The van der Waals surface area contributed by atoms with E-state index < -0.39 is 0 Å². The molecule has 2 aromatic rings. The molecule has 0 saturated carbocycles. The van der Waals surface area contributed by atoms with Crippen LogP contribution in [0, 0.1) is 12.3 Å². The first kappa shape index (κ1) is 18.2. The Morgan fingerprint density at radius 3 is 2.21 bits per heavy atom. The summed E-state index contributed by atoms with van der Waals surface area (Å²) in [5.41, 5.74) is 9.32. The fourth-order valence-corrected chi connectivity index (χ4v) is 2.62. The number of aromatic nitrogens is 2. The van der Waals surface area contributed by atoms with Crippen molar-refractivity contribution in [2.45, 2.75) is 53.9 Å². The number of rotatable bonds is 5. The van der Waals surface area contributed by atoms with Gasteiger partial charge in [0.1, 0.15) is 11.6 Å². The largest absolute Gasteiger partial charge is 0.494 e. The van der Waals surface area contributed by atoms with Crippen molar-refractivity contribution in [1.29, 1.82) is 0 Å². The molecule has 0 spiro atoms. The van der Waals surface area contributed by atoms with Crippen LogP contribution in [0.1, 0.15) is 58.2 Å². The summed E-state index contributed by atoms with van der Waals surface area (Å²) < 4.78 is 5.81.